The van der Waals surface area contributed by atoms with Crippen LogP contribution < -0.4 is 15.6 Å². The van der Waals surface area contributed by atoms with Gasteiger partial charge < -0.3 is 19.5 Å². The molecule has 1 aromatic carbocycles. The highest BCUT2D eigenvalue weighted by molar-refractivity contribution is 6.06. The molecule has 0 bridgehead atoms. The number of nitrogens with one attached hydrogen (secondary N) is 1. The number of hydrogen-bond donors (Lipinski definition) is 1. The fraction of sp³-hybridized carbons (Fsp3) is 0.381. The van der Waals surface area contributed by atoms with Crippen molar-refractivity contribution in [3.8, 4) is 5.75 Å². The highest BCUT2D eigenvalue weighted by atomic mass is 16.5. The summed E-state index contributed by atoms with van der Waals surface area (Å²) in [7, 11) is 3.04. The lowest BCUT2D eigenvalue weighted by molar-refractivity contribution is 0.0696. The largest absolute Gasteiger partial charge is 0.496 e. The number of amides is 2. The number of carbonyl (C=O) groups is 2. The molecular weight excluding hydrogens is 358 g/mol. The van der Waals surface area contributed by atoms with E-state index in [0.29, 0.717) is 35.9 Å². The molecule has 0 aliphatic carbocycles. The zero-order chi connectivity index (χ0) is 20.3. The van der Waals surface area contributed by atoms with Crippen LogP contribution in [0.1, 0.15) is 40.5 Å². The Bertz CT molecular complexity index is 943. The Morgan fingerprint density at radius 1 is 1.18 bits per heavy atom. The number of para-hydroxylation sites is 1. The van der Waals surface area contributed by atoms with E-state index in [1.807, 2.05) is 0 Å². The number of ether oxygens (including phenoxy) is 1. The molecule has 7 nitrogen and oxygen atoms in total. The van der Waals surface area contributed by atoms with E-state index in [1.165, 1.54) is 23.9 Å². The number of likely N-dealkylation sites (tertiary alicyclic amines) is 1. The number of pyridine rings is 1. The molecule has 3 rings (SSSR count). The van der Waals surface area contributed by atoms with E-state index < -0.39 is 5.91 Å². The molecule has 7 heteroatoms. The van der Waals surface area contributed by atoms with Gasteiger partial charge in [-0.05, 0) is 37.0 Å². The summed E-state index contributed by atoms with van der Waals surface area (Å²) >= 11 is 0. The molecule has 1 aromatic heterocycles. The topological polar surface area (TPSA) is 80.6 Å². The van der Waals surface area contributed by atoms with Gasteiger partial charge in [-0.1, -0.05) is 19.1 Å². The fourth-order valence-corrected chi connectivity index (χ4v) is 3.33. The molecule has 1 N–H and O–H groups in total. The van der Waals surface area contributed by atoms with Crippen molar-refractivity contribution in [2.45, 2.75) is 19.8 Å². The lowest BCUT2D eigenvalue weighted by atomic mass is 9.99. The highest BCUT2D eigenvalue weighted by Crippen LogP contribution is 2.20. The molecule has 0 saturated carbocycles. The average molecular weight is 383 g/mol. The van der Waals surface area contributed by atoms with Gasteiger partial charge in [0.15, 0.2) is 0 Å². The Morgan fingerprint density at radius 3 is 2.54 bits per heavy atom. The first kappa shape index (κ1) is 19.7. The SMILES string of the molecule is COc1ccccc1C(=O)Nc1cc(C(=O)N2CCC(C)CC2)cn(C)c1=O. The second-order valence-corrected chi connectivity index (χ2v) is 7.19. The summed E-state index contributed by atoms with van der Waals surface area (Å²) in [5, 5.41) is 2.62. The quantitative estimate of drug-likeness (QED) is 0.880. The van der Waals surface area contributed by atoms with Gasteiger partial charge in [-0.2, -0.15) is 0 Å². The molecule has 1 fully saturated rings. The Kier molecular flexibility index (Phi) is 5.82. The number of piperidine rings is 1. The zero-order valence-electron chi connectivity index (χ0n) is 16.4. The van der Waals surface area contributed by atoms with Gasteiger partial charge in [-0.3, -0.25) is 14.4 Å². The molecule has 0 spiro atoms. The van der Waals surface area contributed by atoms with Crippen LogP contribution >= 0.6 is 0 Å². The summed E-state index contributed by atoms with van der Waals surface area (Å²) in [5.41, 5.74) is 0.377. The first-order valence-electron chi connectivity index (χ1n) is 9.35. The third kappa shape index (κ3) is 4.08. The molecule has 2 aromatic rings. The maximum atomic E-state index is 12.9. The molecule has 2 heterocycles. The van der Waals surface area contributed by atoms with Crippen molar-refractivity contribution in [3.05, 3.63) is 58.0 Å². The summed E-state index contributed by atoms with van der Waals surface area (Å²) in [6, 6.07) is 8.21. The van der Waals surface area contributed by atoms with Gasteiger partial charge >= 0.3 is 0 Å². The van der Waals surface area contributed by atoms with Crippen LogP contribution in [-0.2, 0) is 7.05 Å². The highest BCUT2D eigenvalue weighted by Gasteiger charge is 2.23. The third-order valence-corrected chi connectivity index (χ3v) is 5.10. The molecule has 1 saturated heterocycles. The minimum Gasteiger partial charge on any atom is -0.496 e. The van der Waals surface area contributed by atoms with E-state index in [4.69, 9.17) is 4.74 Å². The van der Waals surface area contributed by atoms with Crippen LogP contribution in [0.4, 0.5) is 5.69 Å². The molecule has 0 unspecified atom stereocenters. The number of hydrogen-bond acceptors (Lipinski definition) is 4. The third-order valence-electron chi connectivity index (χ3n) is 5.10. The Labute approximate surface area is 163 Å². The van der Waals surface area contributed by atoms with E-state index in [-0.39, 0.29) is 17.2 Å². The van der Waals surface area contributed by atoms with Crippen LogP contribution in [-0.4, -0.2) is 41.5 Å². The monoisotopic (exact) mass is 383 g/mol. The number of carbonyl (C=O) groups excluding carboxylic acids is 2. The Hall–Kier alpha value is -3.09. The van der Waals surface area contributed by atoms with Crippen LogP contribution in [0.25, 0.3) is 0 Å². The molecular formula is C21H25N3O4. The molecule has 0 atom stereocenters. The standard InChI is InChI=1S/C21H25N3O4/c1-14-8-10-24(11-9-14)20(26)15-12-17(21(27)23(2)13-15)22-19(25)16-6-4-5-7-18(16)28-3/h4-7,12-14H,8-11H2,1-3H3,(H,22,25). The predicted octanol–water partition coefficient (Wildman–Crippen LogP) is 2.52. The van der Waals surface area contributed by atoms with E-state index in [2.05, 4.69) is 12.2 Å². The van der Waals surface area contributed by atoms with Crippen molar-refractivity contribution in [3.63, 3.8) is 0 Å². The van der Waals surface area contributed by atoms with Gasteiger partial charge in [-0.25, -0.2) is 0 Å². The second kappa shape index (κ2) is 8.29. The maximum absolute atomic E-state index is 12.9. The van der Waals surface area contributed by atoms with Crippen molar-refractivity contribution in [1.82, 2.24) is 9.47 Å². The Morgan fingerprint density at radius 2 is 1.86 bits per heavy atom. The van der Waals surface area contributed by atoms with E-state index in [9.17, 15) is 14.4 Å². The summed E-state index contributed by atoms with van der Waals surface area (Å²) in [4.78, 5) is 39.8. The smallest absolute Gasteiger partial charge is 0.274 e. The number of benzene rings is 1. The van der Waals surface area contributed by atoms with E-state index >= 15 is 0 Å². The number of rotatable bonds is 4. The van der Waals surface area contributed by atoms with Crippen LogP contribution in [0.5, 0.6) is 5.75 Å². The minimum atomic E-state index is -0.467. The summed E-state index contributed by atoms with van der Waals surface area (Å²) in [6.07, 6.45) is 3.45. The average Bonchev–Trinajstić information content (AvgIpc) is 2.71. The first-order chi connectivity index (χ1) is 13.4. The molecule has 2 amide bonds. The first-order valence-corrected chi connectivity index (χ1v) is 9.35. The van der Waals surface area contributed by atoms with Gasteiger partial charge in [0.2, 0.25) is 0 Å². The van der Waals surface area contributed by atoms with Crippen molar-refractivity contribution in [2.24, 2.45) is 13.0 Å². The van der Waals surface area contributed by atoms with Crippen molar-refractivity contribution in [2.75, 3.05) is 25.5 Å². The maximum Gasteiger partial charge on any atom is 0.274 e. The van der Waals surface area contributed by atoms with Crippen LogP contribution in [0.3, 0.4) is 0 Å². The van der Waals surface area contributed by atoms with Gasteiger partial charge in [0, 0.05) is 26.3 Å². The lowest BCUT2D eigenvalue weighted by Gasteiger charge is -2.30. The molecule has 1 aliphatic heterocycles. The number of aryl methyl sites for hydroxylation is 1. The second-order valence-electron chi connectivity index (χ2n) is 7.19. The summed E-state index contributed by atoms with van der Waals surface area (Å²) in [6.45, 7) is 3.58. The van der Waals surface area contributed by atoms with Gasteiger partial charge in [-0.15, -0.1) is 0 Å². The van der Waals surface area contributed by atoms with Crippen molar-refractivity contribution in [1.29, 1.82) is 0 Å². The lowest BCUT2D eigenvalue weighted by Crippen LogP contribution is -2.38. The molecule has 148 valence electrons. The number of nitrogens with zero attached hydrogens (tertiary/aromatic N) is 2. The van der Waals surface area contributed by atoms with Crippen LogP contribution in [0.2, 0.25) is 0 Å². The van der Waals surface area contributed by atoms with Gasteiger partial charge in [0.25, 0.3) is 17.4 Å². The number of anilines is 1. The van der Waals surface area contributed by atoms with Crippen molar-refractivity contribution < 1.29 is 14.3 Å². The molecule has 28 heavy (non-hydrogen) atoms. The van der Waals surface area contributed by atoms with Gasteiger partial charge in [0.05, 0.1) is 18.2 Å². The van der Waals surface area contributed by atoms with Crippen LogP contribution in [0, 0.1) is 5.92 Å². The van der Waals surface area contributed by atoms with Crippen molar-refractivity contribution >= 4 is 17.5 Å². The van der Waals surface area contributed by atoms with Crippen LogP contribution in [0.15, 0.2) is 41.3 Å². The molecule has 1 aliphatic rings. The summed E-state index contributed by atoms with van der Waals surface area (Å²) in [5.74, 6) is 0.424. The minimum absolute atomic E-state index is 0.0645. The number of aromatic nitrogens is 1. The predicted molar refractivity (Wildman–Crippen MR) is 107 cm³/mol. The zero-order valence-corrected chi connectivity index (χ0v) is 16.4. The molecule has 0 radical (unpaired) electrons. The summed E-state index contributed by atoms with van der Waals surface area (Å²) < 4.78 is 6.52. The Balaban J connectivity index is 1.86. The fourth-order valence-electron chi connectivity index (χ4n) is 3.33. The number of methoxy groups -OCH3 is 1. The normalized spacial score (nSPS) is 14.6. The van der Waals surface area contributed by atoms with E-state index in [0.717, 1.165) is 12.8 Å². The van der Waals surface area contributed by atoms with E-state index in [1.54, 1.807) is 36.2 Å². The van der Waals surface area contributed by atoms with Gasteiger partial charge in [0.1, 0.15) is 11.4 Å².